The number of halogens is 2. The molecule has 3 nitrogen and oxygen atoms in total. The molecule has 0 amide bonds. The molecule has 1 fully saturated rings. The maximum Gasteiger partial charge on any atom is 0.491 e. The monoisotopic (exact) mass is 342 g/mol. The average Bonchev–Trinajstić information content (AvgIpc) is 2.64. The molecule has 1 aromatic carbocycles. The highest BCUT2D eigenvalue weighted by Gasteiger charge is 2.52. The van der Waals surface area contributed by atoms with Crippen LogP contribution in [-0.4, -0.2) is 30.7 Å². The van der Waals surface area contributed by atoms with E-state index < -0.39 is 24.9 Å². The quantitative estimate of drug-likeness (QED) is 0.641. The standard InChI is InChI=1S/C16H21BF2O3S/c1-15(2)16(3,4)22-17(21-15)12(10-23)8-11-6-5-7-13(9-11)20-14(18)19/h5-9,14,23H,10H2,1-4H3. The van der Waals surface area contributed by atoms with Crippen LogP contribution in [0.3, 0.4) is 0 Å². The maximum atomic E-state index is 12.3. The van der Waals surface area contributed by atoms with Gasteiger partial charge in [-0.1, -0.05) is 18.2 Å². The van der Waals surface area contributed by atoms with Crippen LogP contribution in [0, 0.1) is 0 Å². The molecule has 0 bridgehead atoms. The highest BCUT2D eigenvalue weighted by atomic mass is 32.1. The minimum atomic E-state index is -2.85. The lowest BCUT2D eigenvalue weighted by molar-refractivity contribution is -0.0498. The summed E-state index contributed by atoms with van der Waals surface area (Å²) in [7, 11) is -0.517. The molecule has 0 aliphatic carbocycles. The molecule has 0 unspecified atom stereocenters. The number of hydrogen-bond donors (Lipinski definition) is 1. The van der Waals surface area contributed by atoms with E-state index in [1.165, 1.54) is 6.07 Å². The Hall–Kier alpha value is -1.05. The van der Waals surface area contributed by atoms with Crippen molar-refractivity contribution in [1.82, 2.24) is 0 Å². The Morgan fingerprint density at radius 1 is 1.26 bits per heavy atom. The normalized spacial score (nSPS) is 20.2. The predicted molar refractivity (Wildman–Crippen MR) is 91.0 cm³/mol. The molecule has 7 heteroatoms. The molecule has 0 aromatic heterocycles. The van der Waals surface area contributed by atoms with Gasteiger partial charge in [-0.2, -0.15) is 21.4 Å². The molecule has 2 rings (SSSR count). The van der Waals surface area contributed by atoms with Crippen LogP contribution in [-0.2, 0) is 9.31 Å². The molecule has 0 saturated carbocycles. The van der Waals surface area contributed by atoms with Gasteiger partial charge in [0.1, 0.15) is 5.75 Å². The van der Waals surface area contributed by atoms with Gasteiger partial charge in [-0.05, 0) is 50.9 Å². The van der Waals surface area contributed by atoms with Crippen LogP contribution in [0.25, 0.3) is 6.08 Å². The molecule has 0 spiro atoms. The van der Waals surface area contributed by atoms with Gasteiger partial charge in [0.25, 0.3) is 0 Å². The Balaban J connectivity index is 2.23. The molecule has 1 heterocycles. The first-order valence-electron chi connectivity index (χ1n) is 7.36. The van der Waals surface area contributed by atoms with Crippen molar-refractivity contribution in [1.29, 1.82) is 0 Å². The van der Waals surface area contributed by atoms with Crippen LogP contribution in [0.15, 0.2) is 29.7 Å². The van der Waals surface area contributed by atoms with Gasteiger partial charge in [-0.3, -0.25) is 0 Å². The summed E-state index contributed by atoms with van der Waals surface area (Å²) in [5.41, 5.74) is 0.656. The van der Waals surface area contributed by atoms with Crippen molar-refractivity contribution >= 4 is 25.8 Å². The van der Waals surface area contributed by atoms with E-state index in [0.717, 1.165) is 11.0 Å². The largest absolute Gasteiger partial charge is 0.491 e. The first kappa shape index (κ1) is 18.3. The zero-order chi connectivity index (χ0) is 17.3. The fraction of sp³-hybridized carbons (Fsp3) is 0.500. The Kier molecular flexibility index (Phi) is 5.43. The highest BCUT2D eigenvalue weighted by molar-refractivity contribution is 7.80. The van der Waals surface area contributed by atoms with E-state index >= 15 is 0 Å². The minimum Gasteiger partial charge on any atom is -0.435 e. The fourth-order valence-electron chi connectivity index (χ4n) is 2.18. The average molecular weight is 342 g/mol. The lowest BCUT2D eigenvalue weighted by Crippen LogP contribution is -2.41. The predicted octanol–water partition coefficient (Wildman–Crippen LogP) is 4.23. The van der Waals surface area contributed by atoms with Crippen molar-refractivity contribution in [3.8, 4) is 5.75 Å². The summed E-state index contributed by atoms with van der Waals surface area (Å²) >= 11 is 4.34. The first-order chi connectivity index (χ1) is 10.6. The Bertz CT molecular complexity index is 574. The van der Waals surface area contributed by atoms with E-state index in [-0.39, 0.29) is 5.75 Å². The summed E-state index contributed by atoms with van der Waals surface area (Å²) in [6.45, 7) is 5.04. The Morgan fingerprint density at radius 2 is 1.87 bits per heavy atom. The van der Waals surface area contributed by atoms with E-state index in [4.69, 9.17) is 9.31 Å². The molecular formula is C16H21BF2O3S. The topological polar surface area (TPSA) is 27.7 Å². The van der Waals surface area contributed by atoms with Crippen molar-refractivity contribution in [3.05, 3.63) is 35.3 Å². The molecule has 1 aliphatic rings. The molecule has 1 saturated heterocycles. The van der Waals surface area contributed by atoms with Crippen LogP contribution in [0.1, 0.15) is 33.3 Å². The van der Waals surface area contributed by atoms with Gasteiger partial charge in [0.05, 0.1) is 11.2 Å². The van der Waals surface area contributed by atoms with E-state index in [9.17, 15) is 8.78 Å². The van der Waals surface area contributed by atoms with Crippen LogP contribution in [0.2, 0.25) is 0 Å². The Morgan fingerprint density at radius 3 is 2.39 bits per heavy atom. The number of thiol groups is 1. The summed E-state index contributed by atoms with van der Waals surface area (Å²) in [4.78, 5) is 0. The van der Waals surface area contributed by atoms with Crippen molar-refractivity contribution in [2.75, 3.05) is 5.75 Å². The van der Waals surface area contributed by atoms with E-state index in [1.807, 2.05) is 33.8 Å². The molecular weight excluding hydrogens is 321 g/mol. The van der Waals surface area contributed by atoms with Gasteiger partial charge in [0.2, 0.25) is 0 Å². The number of hydrogen-bond acceptors (Lipinski definition) is 4. The smallest absolute Gasteiger partial charge is 0.435 e. The molecule has 1 aromatic rings. The van der Waals surface area contributed by atoms with Gasteiger partial charge in [-0.15, -0.1) is 0 Å². The summed E-state index contributed by atoms with van der Waals surface area (Å²) in [5.74, 6) is 0.540. The van der Waals surface area contributed by atoms with Crippen molar-refractivity contribution in [3.63, 3.8) is 0 Å². The molecule has 1 aliphatic heterocycles. The third kappa shape index (κ3) is 4.28. The van der Waals surface area contributed by atoms with Crippen molar-refractivity contribution < 1.29 is 22.8 Å². The third-order valence-corrected chi connectivity index (χ3v) is 4.54. The molecule has 0 N–H and O–H groups in total. The number of rotatable bonds is 5. The first-order valence-corrected chi connectivity index (χ1v) is 8.00. The second kappa shape index (κ2) is 6.83. The van der Waals surface area contributed by atoms with E-state index in [2.05, 4.69) is 17.4 Å². The SMILES string of the molecule is CC1(C)OB(C(=Cc2cccc(OC(F)F)c2)CS)OC1(C)C. The van der Waals surface area contributed by atoms with Crippen LogP contribution < -0.4 is 4.74 Å². The van der Waals surface area contributed by atoms with Crippen LogP contribution >= 0.6 is 12.6 Å². The van der Waals surface area contributed by atoms with Crippen LogP contribution in [0.5, 0.6) is 5.75 Å². The summed E-state index contributed by atoms with van der Waals surface area (Å²) in [6, 6.07) is 6.48. The van der Waals surface area contributed by atoms with Gasteiger partial charge in [0, 0.05) is 5.75 Å². The lowest BCUT2D eigenvalue weighted by Gasteiger charge is -2.32. The van der Waals surface area contributed by atoms with Crippen molar-refractivity contribution in [2.24, 2.45) is 0 Å². The molecule has 126 valence electrons. The van der Waals surface area contributed by atoms with Crippen LogP contribution in [0.4, 0.5) is 8.78 Å². The number of benzene rings is 1. The summed E-state index contributed by atoms with van der Waals surface area (Å²) in [6.07, 6.45) is 1.83. The third-order valence-electron chi connectivity index (χ3n) is 4.17. The fourth-order valence-corrected chi connectivity index (χ4v) is 2.42. The van der Waals surface area contributed by atoms with E-state index in [1.54, 1.807) is 18.2 Å². The second-order valence-electron chi connectivity index (χ2n) is 6.42. The van der Waals surface area contributed by atoms with Gasteiger partial charge >= 0.3 is 13.7 Å². The Labute approximate surface area is 141 Å². The summed E-state index contributed by atoms with van der Waals surface area (Å²) < 4.78 is 41.0. The molecule has 23 heavy (non-hydrogen) atoms. The number of ether oxygens (including phenoxy) is 1. The van der Waals surface area contributed by atoms with Crippen molar-refractivity contribution in [2.45, 2.75) is 45.5 Å². The van der Waals surface area contributed by atoms with E-state index in [0.29, 0.717) is 5.75 Å². The summed E-state index contributed by atoms with van der Waals surface area (Å²) in [5, 5.41) is 0. The van der Waals surface area contributed by atoms with Gasteiger partial charge in [0.15, 0.2) is 0 Å². The zero-order valence-corrected chi connectivity index (χ0v) is 14.6. The minimum absolute atomic E-state index is 0.112. The molecule has 0 atom stereocenters. The molecule has 0 radical (unpaired) electrons. The highest BCUT2D eigenvalue weighted by Crippen LogP contribution is 2.39. The number of alkyl halides is 2. The van der Waals surface area contributed by atoms with Gasteiger partial charge in [-0.25, -0.2) is 0 Å². The maximum absolute atomic E-state index is 12.3. The lowest BCUT2D eigenvalue weighted by atomic mass is 9.78. The second-order valence-corrected chi connectivity index (χ2v) is 6.73. The van der Waals surface area contributed by atoms with Gasteiger partial charge < -0.3 is 14.0 Å². The zero-order valence-electron chi connectivity index (χ0n) is 13.7.